The van der Waals surface area contributed by atoms with E-state index in [1.807, 2.05) is 6.92 Å². The van der Waals surface area contributed by atoms with Crippen LogP contribution in [0.3, 0.4) is 0 Å². The molecule has 0 radical (unpaired) electrons. The summed E-state index contributed by atoms with van der Waals surface area (Å²) in [6, 6.07) is -0.421. The van der Waals surface area contributed by atoms with Crippen LogP contribution in [0.2, 0.25) is 0 Å². The lowest BCUT2D eigenvalue weighted by Crippen LogP contribution is -2.36. The first-order valence-electron chi connectivity index (χ1n) is 5.82. The van der Waals surface area contributed by atoms with Gasteiger partial charge in [0, 0.05) is 12.5 Å². The molecule has 2 N–H and O–H groups in total. The van der Waals surface area contributed by atoms with Gasteiger partial charge in [0.05, 0.1) is 13.0 Å². The van der Waals surface area contributed by atoms with Crippen molar-refractivity contribution in [2.75, 3.05) is 13.2 Å². The Hall–Kier alpha value is -1.24. The van der Waals surface area contributed by atoms with E-state index in [9.17, 15) is 18.4 Å². The van der Waals surface area contributed by atoms with Crippen molar-refractivity contribution >= 4 is 11.9 Å². The van der Waals surface area contributed by atoms with E-state index in [0.717, 1.165) is 6.42 Å². The average molecular weight is 267 g/mol. The predicted molar refractivity (Wildman–Crippen MR) is 60.5 cm³/mol. The van der Waals surface area contributed by atoms with Gasteiger partial charge in [0.1, 0.15) is 6.61 Å². The Morgan fingerprint density at radius 3 is 2.56 bits per heavy atom. The molecule has 7 heteroatoms. The third kappa shape index (κ3) is 9.95. The van der Waals surface area contributed by atoms with Crippen LogP contribution in [0.25, 0.3) is 0 Å². The SMILES string of the molecule is CCCC(CC(=O)O)NC(=O)CCOCC(F)F. The zero-order valence-corrected chi connectivity index (χ0v) is 10.3. The van der Waals surface area contributed by atoms with Crippen LogP contribution in [0.4, 0.5) is 8.78 Å². The first-order chi connectivity index (χ1) is 8.45. The van der Waals surface area contributed by atoms with E-state index >= 15 is 0 Å². The van der Waals surface area contributed by atoms with Gasteiger partial charge in [0.25, 0.3) is 6.43 Å². The van der Waals surface area contributed by atoms with Crippen molar-refractivity contribution in [3.63, 3.8) is 0 Å². The minimum Gasteiger partial charge on any atom is -0.481 e. The zero-order valence-electron chi connectivity index (χ0n) is 10.3. The molecule has 0 aromatic carbocycles. The summed E-state index contributed by atoms with van der Waals surface area (Å²) in [5, 5.41) is 11.2. The molecule has 0 aliphatic carbocycles. The fourth-order valence-corrected chi connectivity index (χ4v) is 1.42. The van der Waals surface area contributed by atoms with Gasteiger partial charge in [-0.1, -0.05) is 13.3 Å². The molecule has 1 amide bonds. The topological polar surface area (TPSA) is 75.6 Å². The van der Waals surface area contributed by atoms with E-state index in [4.69, 9.17) is 5.11 Å². The second-order valence-corrected chi connectivity index (χ2v) is 3.87. The number of nitrogens with one attached hydrogen (secondary N) is 1. The van der Waals surface area contributed by atoms with Crippen LogP contribution >= 0.6 is 0 Å². The maximum atomic E-state index is 11.7. The molecule has 1 atom stereocenters. The number of carboxylic acid groups (broad SMARTS) is 1. The number of halogens is 2. The van der Waals surface area contributed by atoms with Gasteiger partial charge in [0.2, 0.25) is 5.91 Å². The van der Waals surface area contributed by atoms with Gasteiger partial charge in [-0.25, -0.2) is 8.78 Å². The lowest BCUT2D eigenvalue weighted by atomic mass is 10.1. The second kappa shape index (κ2) is 9.76. The van der Waals surface area contributed by atoms with Crippen LogP contribution in [0.1, 0.15) is 32.6 Å². The molecule has 0 spiro atoms. The summed E-state index contributed by atoms with van der Waals surface area (Å²) in [4.78, 5) is 21.9. The fraction of sp³-hybridized carbons (Fsp3) is 0.818. The van der Waals surface area contributed by atoms with E-state index < -0.39 is 25.0 Å². The number of carboxylic acids is 1. The lowest BCUT2D eigenvalue weighted by Gasteiger charge is -2.16. The van der Waals surface area contributed by atoms with Gasteiger partial charge in [-0.05, 0) is 6.42 Å². The molecule has 0 aliphatic heterocycles. The monoisotopic (exact) mass is 267 g/mol. The van der Waals surface area contributed by atoms with Crippen molar-refractivity contribution in [1.29, 1.82) is 0 Å². The van der Waals surface area contributed by atoms with E-state index in [-0.39, 0.29) is 25.4 Å². The smallest absolute Gasteiger partial charge is 0.305 e. The molecule has 0 aliphatic rings. The van der Waals surface area contributed by atoms with Gasteiger partial charge < -0.3 is 15.2 Å². The minimum absolute atomic E-state index is 0.0491. The molecule has 106 valence electrons. The van der Waals surface area contributed by atoms with Crippen molar-refractivity contribution in [3.8, 4) is 0 Å². The molecule has 0 aromatic heterocycles. The van der Waals surface area contributed by atoms with Crippen LogP contribution in [0.5, 0.6) is 0 Å². The number of rotatable bonds is 10. The molecule has 0 bridgehead atoms. The molecular formula is C11H19F2NO4. The first-order valence-corrected chi connectivity index (χ1v) is 5.82. The largest absolute Gasteiger partial charge is 0.481 e. The molecule has 0 saturated carbocycles. The molecule has 5 nitrogen and oxygen atoms in total. The summed E-state index contributed by atoms with van der Waals surface area (Å²) in [7, 11) is 0. The number of carbonyl (C=O) groups excluding carboxylic acids is 1. The lowest BCUT2D eigenvalue weighted by molar-refractivity contribution is -0.137. The first kappa shape index (κ1) is 16.8. The number of ether oxygens (including phenoxy) is 1. The Balaban J connectivity index is 3.83. The summed E-state index contributed by atoms with van der Waals surface area (Å²) in [5.74, 6) is -1.37. The maximum Gasteiger partial charge on any atom is 0.305 e. The van der Waals surface area contributed by atoms with Gasteiger partial charge in [-0.2, -0.15) is 0 Å². The van der Waals surface area contributed by atoms with E-state index in [1.54, 1.807) is 0 Å². The molecule has 0 saturated heterocycles. The maximum absolute atomic E-state index is 11.7. The van der Waals surface area contributed by atoms with Crippen molar-refractivity contribution in [1.82, 2.24) is 5.32 Å². The Labute approximate surface area is 105 Å². The van der Waals surface area contributed by atoms with Crippen LogP contribution in [-0.4, -0.2) is 42.7 Å². The summed E-state index contributed by atoms with van der Waals surface area (Å²) in [6.45, 7) is 1.09. The normalized spacial score (nSPS) is 12.4. The Morgan fingerprint density at radius 2 is 2.06 bits per heavy atom. The van der Waals surface area contributed by atoms with Gasteiger partial charge in [0.15, 0.2) is 0 Å². The van der Waals surface area contributed by atoms with E-state index in [2.05, 4.69) is 10.1 Å². The molecule has 0 rings (SSSR count). The van der Waals surface area contributed by atoms with Crippen LogP contribution in [-0.2, 0) is 14.3 Å². The summed E-state index contributed by atoms with van der Waals surface area (Å²) in [6.07, 6.45) is -1.42. The number of aliphatic carboxylic acids is 1. The fourth-order valence-electron chi connectivity index (χ4n) is 1.42. The predicted octanol–water partition coefficient (Wildman–Crippen LogP) is 1.42. The standard InChI is InChI=1S/C11H19F2NO4/c1-2-3-8(6-11(16)17)14-10(15)4-5-18-7-9(12)13/h8-9H,2-7H2,1H3,(H,14,15)(H,16,17). The van der Waals surface area contributed by atoms with E-state index in [0.29, 0.717) is 6.42 Å². The van der Waals surface area contributed by atoms with Gasteiger partial charge >= 0.3 is 5.97 Å². The Bertz CT molecular complexity index is 261. The summed E-state index contributed by atoms with van der Waals surface area (Å²) < 4.78 is 28.0. The summed E-state index contributed by atoms with van der Waals surface area (Å²) >= 11 is 0. The third-order valence-corrected chi connectivity index (χ3v) is 2.14. The molecule has 0 aromatic rings. The average Bonchev–Trinajstić information content (AvgIpc) is 2.23. The van der Waals surface area contributed by atoms with Crippen LogP contribution in [0.15, 0.2) is 0 Å². The molecule has 18 heavy (non-hydrogen) atoms. The highest BCUT2D eigenvalue weighted by atomic mass is 19.3. The second-order valence-electron chi connectivity index (χ2n) is 3.87. The van der Waals surface area contributed by atoms with Gasteiger partial charge in [-0.3, -0.25) is 9.59 Å². The van der Waals surface area contributed by atoms with Crippen LogP contribution in [0, 0.1) is 0 Å². The quantitative estimate of drug-likeness (QED) is 0.587. The van der Waals surface area contributed by atoms with Crippen molar-refractivity contribution in [2.24, 2.45) is 0 Å². The molecule has 1 unspecified atom stereocenters. The van der Waals surface area contributed by atoms with E-state index in [1.165, 1.54) is 0 Å². The van der Waals surface area contributed by atoms with Gasteiger partial charge in [-0.15, -0.1) is 0 Å². The van der Waals surface area contributed by atoms with Crippen molar-refractivity contribution in [3.05, 3.63) is 0 Å². The minimum atomic E-state index is -2.55. The number of carbonyl (C=O) groups is 2. The van der Waals surface area contributed by atoms with Crippen molar-refractivity contribution < 1.29 is 28.2 Å². The number of amides is 1. The third-order valence-electron chi connectivity index (χ3n) is 2.14. The number of hydrogen-bond donors (Lipinski definition) is 2. The molecule has 0 fully saturated rings. The van der Waals surface area contributed by atoms with Crippen LogP contribution < -0.4 is 5.32 Å². The molecule has 0 heterocycles. The highest BCUT2D eigenvalue weighted by Crippen LogP contribution is 2.02. The Kier molecular flexibility index (Phi) is 9.08. The molecular weight excluding hydrogens is 248 g/mol. The highest BCUT2D eigenvalue weighted by Gasteiger charge is 2.15. The van der Waals surface area contributed by atoms with Crippen molar-refractivity contribution in [2.45, 2.75) is 45.1 Å². The zero-order chi connectivity index (χ0) is 14.0. The number of alkyl halides is 2. The highest BCUT2D eigenvalue weighted by molar-refractivity contribution is 5.77. The summed E-state index contributed by atoms with van der Waals surface area (Å²) in [5.41, 5.74) is 0. The Morgan fingerprint density at radius 1 is 1.39 bits per heavy atom. The number of hydrogen-bond acceptors (Lipinski definition) is 3.